The number of benzene rings is 3. The van der Waals surface area contributed by atoms with E-state index in [1.807, 2.05) is 42.5 Å². The van der Waals surface area contributed by atoms with Crippen LogP contribution in [0.4, 0.5) is 11.4 Å². The third-order valence-electron chi connectivity index (χ3n) is 7.34. The highest BCUT2D eigenvalue weighted by atomic mass is 35.5. The van der Waals surface area contributed by atoms with Gasteiger partial charge < -0.3 is 20.1 Å². The number of carbonyl (C=O) groups is 3. The van der Waals surface area contributed by atoms with E-state index in [-0.39, 0.29) is 35.4 Å². The molecule has 3 aromatic carbocycles. The van der Waals surface area contributed by atoms with Gasteiger partial charge in [0.2, 0.25) is 11.8 Å². The average molecular weight is 612 g/mol. The number of nitrogens with zero attached hydrogens (tertiary/aromatic N) is 2. The molecule has 3 amide bonds. The molecule has 2 heterocycles. The average Bonchev–Trinajstić information content (AvgIpc) is 2.98. The van der Waals surface area contributed by atoms with Crippen LogP contribution in [-0.4, -0.2) is 68.1 Å². The van der Waals surface area contributed by atoms with Gasteiger partial charge in [0.15, 0.2) is 6.61 Å². The van der Waals surface area contributed by atoms with E-state index in [9.17, 15) is 14.4 Å². The summed E-state index contributed by atoms with van der Waals surface area (Å²) in [6.07, 6.45) is 0. The minimum absolute atomic E-state index is 0.130. The normalized spacial score (nSPS) is 16.7. The van der Waals surface area contributed by atoms with Crippen LogP contribution in [0.15, 0.2) is 60.7 Å². The molecule has 2 atom stereocenters. The quantitative estimate of drug-likeness (QED) is 0.375. The molecule has 1 saturated heterocycles. The van der Waals surface area contributed by atoms with Crippen LogP contribution in [0.2, 0.25) is 10.0 Å². The monoisotopic (exact) mass is 610 g/mol. The standard InChI is InChI=1S/C31H32Cl2N4O5/c1-19(37-28-15-25(32)26(33)16-29(28)42-18-30(37)39)31(40)35-27(17-36-10-12-41-13-11-36)23-5-3-4-22(14-23)21-6-8-24(9-7-21)34-20(2)38/h3-9,14-16,19,27H,10-13,17-18H2,1-2H3,(H,34,38)(H,35,40). The molecule has 220 valence electrons. The second-order valence-corrected chi connectivity index (χ2v) is 11.1. The number of carbonyl (C=O) groups excluding carboxylic acids is 3. The van der Waals surface area contributed by atoms with Gasteiger partial charge in [-0.1, -0.05) is 53.5 Å². The second kappa shape index (κ2) is 13.1. The number of ether oxygens (including phenoxy) is 2. The van der Waals surface area contributed by atoms with Crippen LogP contribution in [0.5, 0.6) is 5.75 Å². The van der Waals surface area contributed by atoms with Crippen molar-refractivity contribution >= 4 is 52.3 Å². The smallest absolute Gasteiger partial charge is 0.265 e. The van der Waals surface area contributed by atoms with Crippen molar-refractivity contribution in [3.63, 3.8) is 0 Å². The highest BCUT2D eigenvalue weighted by Crippen LogP contribution is 2.39. The van der Waals surface area contributed by atoms with E-state index in [0.29, 0.717) is 36.2 Å². The van der Waals surface area contributed by atoms with Crippen molar-refractivity contribution < 1.29 is 23.9 Å². The van der Waals surface area contributed by atoms with Gasteiger partial charge in [-0.25, -0.2) is 0 Å². The summed E-state index contributed by atoms with van der Waals surface area (Å²) in [4.78, 5) is 41.8. The number of fused-ring (bicyclic) bond motifs is 1. The van der Waals surface area contributed by atoms with Gasteiger partial charge in [-0.15, -0.1) is 0 Å². The zero-order valence-electron chi connectivity index (χ0n) is 23.4. The highest BCUT2D eigenvalue weighted by Gasteiger charge is 2.35. The van der Waals surface area contributed by atoms with Gasteiger partial charge in [-0.2, -0.15) is 0 Å². The van der Waals surface area contributed by atoms with E-state index < -0.39 is 6.04 Å². The molecule has 2 aliphatic heterocycles. The van der Waals surface area contributed by atoms with Gasteiger partial charge in [0.1, 0.15) is 11.8 Å². The first-order valence-electron chi connectivity index (χ1n) is 13.7. The zero-order valence-corrected chi connectivity index (χ0v) is 24.9. The SMILES string of the molecule is CC(=O)Nc1ccc(-c2cccc(C(CN3CCOCC3)NC(=O)C(C)N3C(=O)COc4cc(Cl)c(Cl)cc43)c2)cc1. The molecule has 0 radical (unpaired) electrons. The Bertz CT molecular complexity index is 1480. The maximum Gasteiger partial charge on any atom is 0.265 e. The fraction of sp³-hybridized carbons (Fsp3) is 0.323. The number of amides is 3. The van der Waals surface area contributed by atoms with Crippen LogP contribution in [0.3, 0.4) is 0 Å². The lowest BCUT2D eigenvalue weighted by molar-refractivity contribution is -0.128. The van der Waals surface area contributed by atoms with Crippen molar-refractivity contribution in [1.29, 1.82) is 0 Å². The van der Waals surface area contributed by atoms with E-state index in [2.05, 4.69) is 21.6 Å². The molecule has 3 aromatic rings. The lowest BCUT2D eigenvalue weighted by Gasteiger charge is -2.35. The number of nitrogens with one attached hydrogen (secondary N) is 2. The summed E-state index contributed by atoms with van der Waals surface area (Å²) in [6.45, 7) is 6.27. The molecule has 0 bridgehead atoms. The second-order valence-electron chi connectivity index (χ2n) is 10.3. The minimum Gasteiger partial charge on any atom is -0.482 e. The van der Waals surface area contributed by atoms with Crippen molar-refractivity contribution in [2.75, 3.05) is 49.7 Å². The van der Waals surface area contributed by atoms with E-state index in [0.717, 1.165) is 35.5 Å². The van der Waals surface area contributed by atoms with Crippen molar-refractivity contribution in [3.05, 3.63) is 76.3 Å². The predicted octanol–water partition coefficient (Wildman–Crippen LogP) is 4.92. The number of hydrogen-bond acceptors (Lipinski definition) is 6. The first-order valence-corrected chi connectivity index (χ1v) is 14.5. The largest absolute Gasteiger partial charge is 0.482 e. The minimum atomic E-state index is -0.839. The van der Waals surface area contributed by atoms with Crippen molar-refractivity contribution in [2.24, 2.45) is 0 Å². The number of anilines is 2. The number of morpholine rings is 1. The first-order chi connectivity index (χ1) is 20.2. The maximum absolute atomic E-state index is 13.8. The molecule has 0 spiro atoms. The molecule has 2 aliphatic rings. The van der Waals surface area contributed by atoms with E-state index in [1.165, 1.54) is 11.8 Å². The van der Waals surface area contributed by atoms with E-state index in [4.69, 9.17) is 32.7 Å². The Labute approximate surface area is 254 Å². The molecule has 0 saturated carbocycles. The molecule has 9 nitrogen and oxygen atoms in total. The van der Waals surface area contributed by atoms with Crippen molar-refractivity contribution in [3.8, 4) is 16.9 Å². The molecule has 0 aromatic heterocycles. The lowest BCUT2D eigenvalue weighted by atomic mass is 9.98. The molecule has 2 N–H and O–H groups in total. The number of halogens is 2. The summed E-state index contributed by atoms with van der Waals surface area (Å²) in [7, 11) is 0. The van der Waals surface area contributed by atoms with Crippen LogP contribution < -0.4 is 20.3 Å². The van der Waals surface area contributed by atoms with Gasteiger partial charge in [-0.3, -0.25) is 24.2 Å². The van der Waals surface area contributed by atoms with Crippen LogP contribution in [-0.2, 0) is 19.1 Å². The summed E-state index contributed by atoms with van der Waals surface area (Å²) in [5.74, 6) is -0.399. The third-order valence-corrected chi connectivity index (χ3v) is 8.06. The molecule has 2 unspecified atom stereocenters. The van der Waals surface area contributed by atoms with E-state index in [1.54, 1.807) is 19.1 Å². The molecule has 11 heteroatoms. The van der Waals surface area contributed by atoms with Gasteiger partial charge in [0.05, 0.1) is 35.0 Å². The molecular weight excluding hydrogens is 579 g/mol. The topological polar surface area (TPSA) is 100 Å². The molecular formula is C31H32Cl2N4O5. The third kappa shape index (κ3) is 6.87. The predicted molar refractivity (Wildman–Crippen MR) is 163 cm³/mol. The van der Waals surface area contributed by atoms with Gasteiger partial charge >= 0.3 is 0 Å². The Morgan fingerprint density at radius 2 is 1.69 bits per heavy atom. The fourth-order valence-electron chi connectivity index (χ4n) is 5.16. The van der Waals surface area contributed by atoms with Gasteiger partial charge in [0, 0.05) is 38.3 Å². The molecule has 5 rings (SSSR count). The molecule has 42 heavy (non-hydrogen) atoms. The number of rotatable bonds is 8. The van der Waals surface area contributed by atoms with Gasteiger partial charge in [-0.05, 0) is 47.9 Å². The zero-order chi connectivity index (χ0) is 29.8. The van der Waals surface area contributed by atoms with Crippen LogP contribution in [0.1, 0.15) is 25.5 Å². The summed E-state index contributed by atoms with van der Waals surface area (Å²) in [5, 5.41) is 6.55. The van der Waals surface area contributed by atoms with Crippen LogP contribution in [0.25, 0.3) is 11.1 Å². The highest BCUT2D eigenvalue weighted by molar-refractivity contribution is 6.42. The molecule has 1 fully saturated rings. The van der Waals surface area contributed by atoms with Gasteiger partial charge in [0.25, 0.3) is 5.91 Å². The Hall–Kier alpha value is -3.63. The fourth-order valence-corrected chi connectivity index (χ4v) is 5.47. The Morgan fingerprint density at radius 3 is 2.40 bits per heavy atom. The van der Waals surface area contributed by atoms with E-state index >= 15 is 0 Å². The number of hydrogen-bond donors (Lipinski definition) is 2. The summed E-state index contributed by atoms with van der Waals surface area (Å²) in [5.41, 5.74) is 3.99. The summed E-state index contributed by atoms with van der Waals surface area (Å²) < 4.78 is 11.1. The Morgan fingerprint density at radius 1 is 0.976 bits per heavy atom. The Kier molecular flexibility index (Phi) is 9.33. The Balaban J connectivity index is 1.41. The van der Waals surface area contributed by atoms with Crippen molar-refractivity contribution in [2.45, 2.75) is 25.9 Å². The maximum atomic E-state index is 13.8. The summed E-state index contributed by atoms with van der Waals surface area (Å²) >= 11 is 12.4. The van der Waals surface area contributed by atoms with Crippen molar-refractivity contribution in [1.82, 2.24) is 10.2 Å². The summed E-state index contributed by atoms with van der Waals surface area (Å²) in [6, 6.07) is 17.5. The lowest BCUT2D eigenvalue weighted by Crippen LogP contribution is -2.53. The molecule has 0 aliphatic carbocycles. The van der Waals surface area contributed by atoms with Crippen LogP contribution in [0, 0.1) is 0 Å². The van der Waals surface area contributed by atoms with Crippen LogP contribution >= 0.6 is 23.2 Å². The first kappa shape index (κ1) is 29.8.